The Morgan fingerprint density at radius 2 is 1.86 bits per heavy atom. The minimum Gasteiger partial charge on any atom is -0.493 e. The first-order chi connectivity index (χ1) is 9.93. The van der Waals surface area contributed by atoms with Gasteiger partial charge < -0.3 is 4.74 Å². The second-order valence-electron chi connectivity index (χ2n) is 4.48. The van der Waals surface area contributed by atoms with Crippen molar-refractivity contribution in [3.63, 3.8) is 0 Å². The number of ketones is 1. The van der Waals surface area contributed by atoms with Crippen molar-refractivity contribution in [2.24, 2.45) is 0 Å². The number of benzene rings is 2. The summed E-state index contributed by atoms with van der Waals surface area (Å²) >= 11 is 3.27. The molecule has 110 valence electrons. The lowest BCUT2D eigenvalue weighted by molar-refractivity contribution is 0.103. The van der Waals surface area contributed by atoms with Crippen molar-refractivity contribution < 1.29 is 18.3 Å². The van der Waals surface area contributed by atoms with Gasteiger partial charge in [0.1, 0.15) is 17.4 Å². The predicted molar refractivity (Wildman–Crippen MR) is 79.8 cm³/mol. The maximum absolute atomic E-state index is 13.9. The standard InChI is InChI=1S/C16H13BrF2O2/c1-3-21-15-5-4-10(17)7-12(15)16(20)11-6-9(2)13(18)8-14(11)19/h4-8H,3H2,1-2H3. The summed E-state index contributed by atoms with van der Waals surface area (Å²) < 4.78 is 33.2. The van der Waals surface area contributed by atoms with E-state index < -0.39 is 17.4 Å². The molecule has 0 N–H and O–H groups in total. The molecule has 0 fully saturated rings. The Balaban J connectivity index is 2.54. The van der Waals surface area contributed by atoms with Crippen molar-refractivity contribution in [3.05, 3.63) is 63.1 Å². The van der Waals surface area contributed by atoms with Crippen LogP contribution in [-0.4, -0.2) is 12.4 Å². The Morgan fingerprint density at radius 1 is 1.14 bits per heavy atom. The van der Waals surface area contributed by atoms with Crippen LogP contribution < -0.4 is 4.74 Å². The molecule has 0 heterocycles. The number of hydrogen-bond donors (Lipinski definition) is 0. The van der Waals surface area contributed by atoms with Gasteiger partial charge in [0.05, 0.1) is 17.7 Å². The van der Waals surface area contributed by atoms with E-state index in [4.69, 9.17) is 4.74 Å². The molecular formula is C16H13BrF2O2. The van der Waals surface area contributed by atoms with Crippen molar-refractivity contribution in [3.8, 4) is 5.75 Å². The molecule has 5 heteroatoms. The van der Waals surface area contributed by atoms with Crippen LogP contribution in [0, 0.1) is 18.6 Å². The first-order valence-electron chi connectivity index (χ1n) is 6.36. The molecule has 0 atom stereocenters. The van der Waals surface area contributed by atoms with Crippen LogP contribution in [0.4, 0.5) is 8.78 Å². The summed E-state index contributed by atoms with van der Waals surface area (Å²) in [4.78, 5) is 12.5. The molecule has 0 aromatic heterocycles. The highest BCUT2D eigenvalue weighted by Crippen LogP contribution is 2.27. The van der Waals surface area contributed by atoms with Crippen molar-refractivity contribution in [1.29, 1.82) is 0 Å². The summed E-state index contributed by atoms with van der Waals surface area (Å²) in [6, 6.07) is 6.86. The molecule has 0 radical (unpaired) electrons. The third kappa shape index (κ3) is 3.29. The summed E-state index contributed by atoms with van der Waals surface area (Å²) in [6.45, 7) is 3.65. The fourth-order valence-corrected chi connectivity index (χ4v) is 2.30. The van der Waals surface area contributed by atoms with E-state index in [1.807, 2.05) is 0 Å². The second kappa shape index (κ2) is 6.35. The predicted octanol–water partition coefficient (Wildman–Crippen LogP) is 4.67. The number of aryl methyl sites for hydroxylation is 1. The van der Waals surface area contributed by atoms with Gasteiger partial charge in [0, 0.05) is 10.5 Å². The molecule has 2 nitrogen and oxygen atoms in total. The number of ether oxygens (including phenoxy) is 1. The van der Waals surface area contributed by atoms with E-state index >= 15 is 0 Å². The van der Waals surface area contributed by atoms with E-state index in [0.29, 0.717) is 16.8 Å². The molecule has 0 aliphatic carbocycles. The quantitative estimate of drug-likeness (QED) is 0.746. The van der Waals surface area contributed by atoms with Gasteiger partial charge in [0.2, 0.25) is 0 Å². The lowest BCUT2D eigenvalue weighted by atomic mass is 10.00. The van der Waals surface area contributed by atoms with Crippen LogP contribution in [0.5, 0.6) is 5.75 Å². The van der Waals surface area contributed by atoms with Gasteiger partial charge in [-0.25, -0.2) is 8.78 Å². The molecule has 2 rings (SSSR count). The highest BCUT2D eigenvalue weighted by molar-refractivity contribution is 9.10. The molecule has 0 spiro atoms. The molecule has 0 aliphatic rings. The molecule has 0 saturated carbocycles. The Labute approximate surface area is 129 Å². The summed E-state index contributed by atoms with van der Waals surface area (Å²) in [6.07, 6.45) is 0. The zero-order chi connectivity index (χ0) is 15.6. The molecule has 0 bridgehead atoms. The molecule has 0 amide bonds. The normalized spacial score (nSPS) is 10.5. The van der Waals surface area contributed by atoms with E-state index in [2.05, 4.69) is 15.9 Å². The molecule has 0 aliphatic heterocycles. The molecule has 2 aromatic rings. The van der Waals surface area contributed by atoms with Crippen LogP contribution in [0.3, 0.4) is 0 Å². The van der Waals surface area contributed by atoms with Crippen molar-refractivity contribution >= 4 is 21.7 Å². The van der Waals surface area contributed by atoms with E-state index in [9.17, 15) is 13.6 Å². The van der Waals surface area contributed by atoms with Gasteiger partial charge in [-0.05, 0) is 43.7 Å². The largest absolute Gasteiger partial charge is 0.493 e. The zero-order valence-electron chi connectivity index (χ0n) is 11.5. The molecule has 0 unspecified atom stereocenters. The summed E-state index contributed by atoms with van der Waals surface area (Å²) in [7, 11) is 0. The van der Waals surface area contributed by atoms with Crippen molar-refractivity contribution in [1.82, 2.24) is 0 Å². The molecule has 21 heavy (non-hydrogen) atoms. The number of halogens is 3. The zero-order valence-corrected chi connectivity index (χ0v) is 13.1. The van der Waals surface area contributed by atoms with E-state index in [-0.39, 0.29) is 16.7 Å². The lowest BCUT2D eigenvalue weighted by Crippen LogP contribution is -2.08. The van der Waals surface area contributed by atoms with Crippen LogP contribution in [0.15, 0.2) is 34.8 Å². The fraction of sp³-hybridized carbons (Fsp3) is 0.188. The Hall–Kier alpha value is -1.75. The van der Waals surface area contributed by atoms with E-state index in [1.54, 1.807) is 25.1 Å². The SMILES string of the molecule is CCOc1ccc(Br)cc1C(=O)c1cc(C)c(F)cc1F. The van der Waals surface area contributed by atoms with Crippen LogP contribution in [-0.2, 0) is 0 Å². The first kappa shape index (κ1) is 15.6. The number of carbonyl (C=O) groups is 1. The summed E-state index contributed by atoms with van der Waals surface area (Å²) in [5.74, 6) is -1.73. The summed E-state index contributed by atoms with van der Waals surface area (Å²) in [5, 5.41) is 0. The van der Waals surface area contributed by atoms with Crippen molar-refractivity contribution in [2.45, 2.75) is 13.8 Å². The highest BCUT2D eigenvalue weighted by Gasteiger charge is 2.20. The average molecular weight is 355 g/mol. The van der Waals surface area contributed by atoms with Gasteiger partial charge in [0.15, 0.2) is 5.78 Å². The van der Waals surface area contributed by atoms with E-state index in [0.717, 1.165) is 6.07 Å². The minimum absolute atomic E-state index is 0.173. The lowest BCUT2D eigenvalue weighted by Gasteiger charge is -2.11. The average Bonchev–Trinajstić information content (AvgIpc) is 2.44. The van der Waals surface area contributed by atoms with Crippen LogP contribution in [0.1, 0.15) is 28.4 Å². The second-order valence-corrected chi connectivity index (χ2v) is 5.40. The van der Waals surface area contributed by atoms with Gasteiger partial charge in [-0.1, -0.05) is 15.9 Å². The van der Waals surface area contributed by atoms with Gasteiger partial charge in [-0.2, -0.15) is 0 Å². The first-order valence-corrected chi connectivity index (χ1v) is 7.16. The number of hydrogen-bond acceptors (Lipinski definition) is 2. The van der Waals surface area contributed by atoms with E-state index in [1.165, 1.54) is 13.0 Å². The maximum atomic E-state index is 13.9. The van der Waals surface area contributed by atoms with Gasteiger partial charge in [-0.3, -0.25) is 4.79 Å². The maximum Gasteiger partial charge on any atom is 0.199 e. The Morgan fingerprint density at radius 3 is 2.52 bits per heavy atom. The van der Waals surface area contributed by atoms with Crippen LogP contribution in [0.25, 0.3) is 0 Å². The third-order valence-corrected chi connectivity index (χ3v) is 3.47. The monoisotopic (exact) mass is 354 g/mol. The Kier molecular flexibility index (Phi) is 4.73. The van der Waals surface area contributed by atoms with Crippen molar-refractivity contribution in [2.75, 3.05) is 6.61 Å². The summed E-state index contributed by atoms with van der Waals surface area (Å²) in [5.41, 5.74) is 0.275. The number of rotatable bonds is 4. The molecular weight excluding hydrogens is 342 g/mol. The van der Waals surface area contributed by atoms with Crippen LogP contribution in [0.2, 0.25) is 0 Å². The third-order valence-electron chi connectivity index (χ3n) is 2.98. The van der Waals surface area contributed by atoms with Gasteiger partial charge >= 0.3 is 0 Å². The smallest absolute Gasteiger partial charge is 0.199 e. The van der Waals surface area contributed by atoms with Gasteiger partial charge in [-0.15, -0.1) is 0 Å². The Bertz CT molecular complexity index is 699. The minimum atomic E-state index is -0.884. The molecule has 0 saturated heterocycles. The molecule has 2 aromatic carbocycles. The van der Waals surface area contributed by atoms with Crippen LogP contribution >= 0.6 is 15.9 Å². The number of carbonyl (C=O) groups excluding carboxylic acids is 1. The fourth-order valence-electron chi connectivity index (χ4n) is 1.94. The highest BCUT2D eigenvalue weighted by atomic mass is 79.9. The topological polar surface area (TPSA) is 26.3 Å². The van der Waals surface area contributed by atoms with Gasteiger partial charge in [0.25, 0.3) is 0 Å².